The van der Waals surface area contributed by atoms with Crippen LogP contribution in [0.2, 0.25) is 0 Å². The number of carbonyl (C=O) groups is 1. The van der Waals surface area contributed by atoms with E-state index in [4.69, 9.17) is 0 Å². The molecule has 0 N–H and O–H groups in total. The Balaban J connectivity index is 1.99. The van der Waals surface area contributed by atoms with Crippen molar-refractivity contribution >= 4 is 29.2 Å². The van der Waals surface area contributed by atoms with Crippen molar-refractivity contribution in [3.05, 3.63) is 58.6 Å². The number of halogens is 2. The molecule has 1 aliphatic rings. The molecule has 0 aromatic heterocycles. The summed E-state index contributed by atoms with van der Waals surface area (Å²) in [4.78, 5) is 25.3. The smallest absolute Gasteiger partial charge is 0.292 e. The molecule has 2 aromatic rings. The maximum atomic E-state index is 13.4. The number of nitro benzene ring substituents is 1. The highest BCUT2D eigenvalue weighted by molar-refractivity contribution is 5.88. The second-order valence-corrected chi connectivity index (χ2v) is 6.08. The Labute approximate surface area is 148 Å². The summed E-state index contributed by atoms with van der Waals surface area (Å²) in [7, 11) is 0. The SMILES string of the molecule is O=CN(c1ccccc1)c1ccc([N+](=O)[O-])c(N2CCC(F)(F)CC2)c1. The van der Waals surface area contributed by atoms with Crippen LogP contribution in [0.4, 0.5) is 31.5 Å². The van der Waals surface area contributed by atoms with E-state index in [9.17, 15) is 23.7 Å². The molecule has 2 aromatic carbocycles. The number of hydrogen-bond donors (Lipinski definition) is 0. The average Bonchev–Trinajstić information content (AvgIpc) is 2.63. The molecule has 1 fully saturated rings. The molecule has 1 heterocycles. The van der Waals surface area contributed by atoms with Gasteiger partial charge < -0.3 is 4.90 Å². The minimum absolute atomic E-state index is 0.0176. The summed E-state index contributed by atoms with van der Waals surface area (Å²) in [6.07, 6.45) is -0.0977. The van der Waals surface area contributed by atoms with E-state index in [0.717, 1.165) is 0 Å². The number of nitro groups is 1. The van der Waals surface area contributed by atoms with Gasteiger partial charge in [0, 0.05) is 37.7 Å². The van der Waals surface area contributed by atoms with Crippen LogP contribution in [0.15, 0.2) is 48.5 Å². The number of nitrogens with zero attached hydrogens (tertiary/aromatic N) is 3. The summed E-state index contributed by atoms with van der Waals surface area (Å²) >= 11 is 0. The van der Waals surface area contributed by atoms with Crippen molar-refractivity contribution in [3.63, 3.8) is 0 Å². The first kappa shape index (κ1) is 17.8. The van der Waals surface area contributed by atoms with E-state index in [2.05, 4.69) is 0 Å². The molecule has 0 radical (unpaired) electrons. The van der Waals surface area contributed by atoms with Crippen molar-refractivity contribution in [1.82, 2.24) is 0 Å². The zero-order valence-corrected chi connectivity index (χ0v) is 13.8. The van der Waals surface area contributed by atoms with Gasteiger partial charge in [-0.2, -0.15) is 0 Å². The number of rotatable bonds is 5. The number of piperidine rings is 1. The van der Waals surface area contributed by atoms with E-state index in [0.29, 0.717) is 17.8 Å². The van der Waals surface area contributed by atoms with Crippen molar-refractivity contribution < 1.29 is 18.5 Å². The van der Waals surface area contributed by atoms with E-state index in [1.54, 1.807) is 29.2 Å². The standard InChI is InChI=1S/C18H17F2N3O3/c19-18(20)8-10-21(11-9-18)17-12-15(6-7-16(17)23(25)26)22(13-24)14-4-2-1-3-5-14/h1-7,12-13H,8-11H2. The first-order chi connectivity index (χ1) is 12.4. The van der Waals surface area contributed by atoms with Crippen LogP contribution in [-0.2, 0) is 4.79 Å². The molecule has 136 valence electrons. The molecule has 0 aliphatic carbocycles. The fraction of sp³-hybridized carbons (Fsp3) is 0.278. The Morgan fingerprint density at radius 3 is 2.31 bits per heavy atom. The summed E-state index contributed by atoms with van der Waals surface area (Å²) in [5.74, 6) is -2.75. The Kier molecular flexibility index (Phi) is 4.83. The molecule has 1 aliphatic heterocycles. The third-order valence-corrected chi connectivity index (χ3v) is 4.41. The number of anilines is 3. The van der Waals surface area contributed by atoms with Crippen LogP contribution in [0.5, 0.6) is 0 Å². The van der Waals surface area contributed by atoms with Crippen LogP contribution in [0.1, 0.15) is 12.8 Å². The van der Waals surface area contributed by atoms with Crippen LogP contribution in [0, 0.1) is 10.1 Å². The molecule has 1 saturated heterocycles. The van der Waals surface area contributed by atoms with Gasteiger partial charge in [0.25, 0.3) is 11.6 Å². The first-order valence-electron chi connectivity index (χ1n) is 8.12. The van der Waals surface area contributed by atoms with E-state index in [1.165, 1.54) is 23.1 Å². The topological polar surface area (TPSA) is 66.7 Å². The lowest BCUT2D eigenvalue weighted by molar-refractivity contribution is -0.384. The lowest BCUT2D eigenvalue weighted by Crippen LogP contribution is -2.39. The lowest BCUT2D eigenvalue weighted by Gasteiger charge is -2.33. The van der Waals surface area contributed by atoms with Gasteiger partial charge in [0.1, 0.15) is 5.69 Å². The Morgan fingerprint density at radius 1 is 1.08 bits per heavy atom. The molecular formula is C18H17F2N3O3. The Hall–Kier alpha value is -3.03. The predicted octanol–water partition coefficient (Wildman–Crippen LogP) is 4.12. The van der Waals surface area contributed by atoms with Crippen LogP contribution in [0.25, 0.3) is 0 Å². The Morgan fingerprint density at radius 2 is 1.73 bits per heavy atom. The van der Waals surface area contributed by atoms with E-state index >= 15 is 0 Å². The molecule has 1 amide bonds. The highest BCUT2D eigenvalue weighted by Gasteiger charge is 2.36. The minimum atomic E-state index is -2.75. The van der Waals surface area contributed by atoms with Crippen LogP contribution >= 0.6 is 0 Å². The number of carbonyl (C=O) groups excluding carboxylic acids is 1. The molecule has 3 rings (SSSR count). The van der Waals surface area contributed by atoms with Gasteiger partial charge in [0.15, 0.2) is 0 Å². The van der Waals surface area contributed by atoms with Gasteiger partial charge in [-0.05, 0) is 24.3 Å². The summed E-state index contributed by atoms with van der Waals surface area (Å²) in [5, 5.41) is 11.4. The second-order valence-electron chi connectivity index (χ2n) is 6.08. The maximum Gasteiger partial charge on any atom is 0.292 e. The van der Waals surface area contributed by atoms with Crippen LogP contribution < -0.4 is 9.80 Å². The summed E-state index contributed by atoms with van der Waals surface area (Å²) in [6.45, 7) is 0.0352. The molecule has 0 unspecified atom stereocenters. The van der Waals surface area contributed by atoms with Gasteiger partial charge in [-0.1, -0.05) is 18.2 Å². The molecule has 0 saturated carbocycles. The van der Waals surface area contributed by atoms with E-state index in [1.807, 2.05) is 6.07 Å². The highest BCUT2D eigenvalue weighted by atomic mass is 19.3. The first-order valence-corrected chi connectivity index (χ1v) is 8.12. The molecule has 6 nitrogen and oxygen atoms in total. The molecule has 0 atom stereocenters. The molecule has 0 spiro atoms. The molecule has 26 heavy (non-hydrogen) atoms. The summed E-state index contributed by atoms with van der Waals surface area (Å²) in [6, 6.07) is 13.1. The second kappa shape index (κ2) is 7.07. The van der Waals surface area contributed by atoms with Crippen molar-refractivity contribution in [3.8, 4) is 0 Å². The number of para-hydroxylation sites is 1. The number of benzene rings is 2. The van der Waals surface area contributed by atoms with Gasteiger partial charge in [-0.25, -0.2) is 8.78 Å². The van der Waals surface area contributed by atoms with E-state index < -0.39 is 10.8 Å². The third-order valence-electron chi connectivity index (χ3n) is 4.41. The third kappa shape index (κ3) is 3.63. The highest BCUT2D eigenvalue weighted by Crippen LogP contribution is 2.38. The van der Waals surface area contributed by atoms with Gasteiger partial charge >= 0.3 is 0 Å². The average molecular weight is 361 g/mol. The monoisotopic (exact) mass is 361 g/mol. The molecular weight excluding hydrogens is 344 g/mol. The van der Waals surface area contributed by atoms with Crippen LogP contribution in [-0.4, -0.2) is 30.3 Å². The maximum absolute atomic E-state index is 13.4. The number of amides is 1. The fourth-order valence-electron chi connectivity index (χ4n) is 3.00. The minimum Gasteiger partial charge on any atom is -0.365 e. The van der Waals surface area contributed by atoms with Gasteiger partial charge in [0.2, 0.25) is 6.41 Å². The zero-order valence-electron chi connectivity index (χ0n) is 13.8. The van der Waals surface area contributed by atoms with E-state index in [-0.39, 0.29) is 37.3 Å². The van der Waals surface area contributed by atoms with Crippen LogP contribution in [0.3, 0.4) is 0 Å². The fourth-order valence-corrected chi connectivity index (χ4v) is 3.00. The van der Waals surface area contributed by atoms with Gasteiger partial charge in [0.05, 0.1) is 10.6 Å². The molecule has 8 heteroatoms. The van der Waals surface area contributed by atoms with Crippen molar-refractivity contribution in [1.29, 1.82) is 0 Å². The van der Waals surface area contributed by atoms with Crippen molar-refractivity contribution in [2.75, 3.05) is 22.9 Å². The number of hydrogen-bond acceptors (Lipinski definition) is 4. The number of alkyl halides is 2. The largest absolute Gasteiger partial charge is 0.365 e. The Bertz CT molecular complexity index is 805. The quantitative estimate of drug-likeness (QED) is 0.456. The predicted molar refractivity (Wildman–Crippen MR) is 94.1 cm³/mol. The summed E-state index contributed by atoms with van der Waals surface area (Å²) < 4.78 is 26.8. The molecule has 0 bridgehead atoms. The van der Waals surface area contributed by atoms with Crippen molar-refractivity contribution in [2.24, 2.45) is 0 Å². The van der Waals surface area contributed by atoms with Gasteiger partial charge in [-0.15, -0.1) is 0 Å². The van der Waals surface area contributed by atoms with Crippen molar-refractivity contribution in [2.45, 2.75) is 18.8 Å². The normalized spacial score (nSPS) is 16.2. The zero-order chi connectivity index (χ0) is 18.7. The lowest BCUT2D eigenvalue weighted by atomic mass is 10.1. The van der Waals surface area contributed by atoms with Gasteiger partial charge in [-0.3, -0.25) is 19.8 Å². The summed E-state index contributed by atoms with van der Waals surface area (Å²) in [5.41, 5.74) is 1.11.